The summed E-state index contributed by atoms with van der Waals surface area (Å²) in [6.07, 6.45) is 7.11. The summed E-state index contributed by atoms with van der Waals surface area (Å²) in [7, 11) is 1.58. The number of pyridine rings is 1. The Morgan fingerprint density at radius 1 is 1.11 bits per heavy atom. The summed E-state index contributed by atoms with van der Waals surface area (Å²) in [5, 5.41) is 13.3. The van der Waals surface area contributed by atoms with Crippen LogP contribution in [0, 0.1) is 11.8 Å². The quantitative estimate of drug-likeness (QED) is 0.324. The molecule has 4 N–H and O–H groups in total. The van der Waals surface area contributed by atoms with Gasteiger partial charge in [-0.2, -0.15) is 0 Å². The number of amides is 3. The Morgan fingerprint density at radius 3 is 2.66 bits per heavy atom. The number of ether oxygens (including phenoxy) is 2. The van der Waals surface area contributed by atoms with Crippen LogP contribution in [0.4, 0.5) is 0 Å². The van der Waals surface area contributed by atoms with Crippen molar-refractivity contribution < 1.29 is 33.8 Å². The van der Waals surface area contributed by atoms with Crippen LogP contribution in [0.1, 0.15) is 51.4 Å². The lowest BCUT2D eigenvalue weighted by Gasteiger charge is -2.28. The number of carbonyl (C=O) groups excluding carboxylic acids is 3. The van der Waals surface area contributed by atoms with Crippen molar-refractivity contribution in [1.82, 2.24) is 15.2 Å². The molecule has 1 saturated carbocycles. The van der Waals surface area contributed by atoms with Gasteiger partial charge in [-0.25, -0.2) is 4.98 Å². The molecule has 0 unspecified atom stereocenters. The number of methoxy groups -OCH3 is 1. The second-order valence-electron chi connectivity index (χ2n) is 12.7. The Hall–Kier alpha value is -4.93. The minimum atomic E-state index is -1.22. The highest BCUT2D eigenvalue weighted by molar-refractivity contribution is 5.97. The molecular weight excluding hydrogens is 600 g/mol. The number of fused-ring (bicyclic) bond motifs is 3. The van der Waals surface area contributed by atoms with Gasteiger partial charge in [0.15, 0.2) is 0 Å². The van der Waals surface area contributed by atoms with E-state index in [-0.39, 0.29) is 25.3 Å². The summed E-state index contributed by atoms with van der Waals surface area (Å²) in [5.41, 5.74) is 6.81. The topological polar surface area (TPSA) is 161 Å². The molecule has 3 heterocycles. The Bertz CT molecular complexity index is 1710. The number of carbonyl (C=O) groups is 4. The first-order valence-electron chi connectivity index (χ1n) is 16.2. The van der Waals surface area contributed by atoms with Crippen LogP contribution in [0.15, 0.2) is 66.7 Å². The van der Waals surface area contributed by atoms with Gasteiger partial charge in [-0.1, -0.05) is 55.3 Å². The number of aromatic nitrogens is 1. The van der Waals surface area contributed by atoms with E-state index in [1.54, 1.807) is 7.11 Å². The third-order valence-electron chi connectivity index (χ3n) is 9.55. The van der Waals surface area contributed by atoms with Crippen LogP contribution >= 0.6 is 0 Å². The van der Waals surface area contributed by atoms with E-state index < -0.39 is 47.3 Å². The molecule has 3 amide bonds. The van der Waals surface area contributed by atoms with E-state index in [2.05, 4.69) is 5.32 Å². The SMILES string of the molecule is COc1ccc2c(O[C@@H]3C[C@H]4C(=O)N[C@]5(C(N)=O)C[C@H]5/C=C\CCCCC[C@H](CC(=O)O)C(=O)N4C3)cc(-c3ccccc3)nc2c1. The summed E-state index contributed by atoms with van der Waals surface area (Å²) in [5.74, 6) is -2.44. The van der Waals surface area contributed by atoms with Gasteiger partial charge in [0.25, 0.3) is 0 Å². The summed E-state index contributed by atoms with van der Waals surface area (Å²) < 4.78 is 12.1. The minimum absolute atomic E-state index is 0.0700. The number of carboxylic acid groups (broad SMARTS) is 1. The van der Waals surface area contributed by atoms with Crippen molar-refractivity contribution in [1.29, 1.82) is 0 Å². The second-order valence-corrected chi connectivity index (χ2v) is 12.7. The fourth-order valence-electron chi connectivity index (χ4n) is 6.87. The van der Waals surface area contributed by atoms with E-state index in [0.29, 0.717) is 42.0 Å². The summed E-state index contributed by atoms with van der Waals surface area (Å²) in [6.45, 7) is 0.0700. The van der Waals surface area contributed by atoms with Gasteiger partial charge in [0.1, 0.15) is 29.2 Å². The minimum Gasteiger partial charge on any atom is -0.497 e. The molecule has 47 heavy (non-hydrogen) atoms. The average molecular weight is 641 g/mol. The van der Waals surface area contributed by atoms with Crippen LogP contribution in [0.3, 0.4) is 0 Å². The summed E-state index contributed by atoms with van der Waals surface area (Å²) in [6, 6.07) is 16.0. The first-order chi connectivity index (χ1) is 22.7. The van der Waals surface area contributed by atoms with Gasteiger partial charge in [0, 0.05) is 41.3 Å². The molecule has 3 aromatic rings. The zero-order chi connectivity index (χ0) is 33.1. The maximum absolute atomic E-state index is 14.1. The zero-order valence-electron chi connectivity index (χ0n) is 26.4. The molecule has 1 aliphatic carbocycles. The van der Waals surface area contributed by atoms with Crippen molar-refractivity contribution in [3.8, 4) is 22.8 Å². The fraction of sp³-hybridized carbons (Fsp3) is 0.417. The molecule has 3 aliphatic rings. The van der Waals surface area contributed by atoms with Crippen molar-refractivity contribution >= 4 is 34.6 Å². The number of nitrogens with one attached hydrogen (secondary N) is 1. The summed E-state index contributed by atoms with van der Waals surface area (Å²) in [4.78, 5) is 58.7. The van der Waals surface area contributed by atoms with Crippen molar-refractivity contribution in [2.45, 2.75) is 69.1 Å². The number of nitrogens with two attached hydrogens (primary N) is 1. The van der Waals surface area contributed by atoms with Gasteiger partial charge >= 0.3 is 5.97 Å². The van der Waals surface area contributed by atoms with Gasteiger partial charge in [-0.3, -0.25) is 19.2 Å². The van der Waals surface area contributed by atoms with Crippen molar-refractivity contribution in [3.63, 3.8) is 0 Å². The van der Waals surface area contributed by atoms with Crippen molar-refractivity contribution in [3.05, 3.63) is 66.7 Å². The van der Waals surface area contributed by atoms with Gasteiger partial charge < -0.3 is 30.5 Å². The zero-order valence-corrected chi connectivity index (χ0v) is 26.4. The molecule has 246 valence electrons. The number of rotatable bonds is 7. The summed E-state index contributed by atoms with van der Waals surface area (Å²) >= 11 is 0. The molecule has 0 bridgehead atoms. The Kier molecular flexibility index (Phi) is 9.15. The number of aliphatic carboxylic acids is 1. The molecular formula is C36H40N4O7. The van der Waals surface area contributed by atoms with Crippen molar-refractivity contribution in [2.75, 3.05) is 13.7 Å². The highest BCUT2D eigenvalue weighted by Crippen LogP contribution is 2.45. The molecule has 2 fully saturated rings. The van der Waals surface area contributed by atoms with Crippen LogP contribution in [-0.4, -0.2) is 70.0 Å². The van der Waals surface area contributed by atoms with Gasteiger partial charge in [0.05, 0.1) is 31.3 Å². The van der Waals surface area contributed by atoms with Gasteiger partial charge in [-0.15, -0.1) is 0 Å². The Labute approximate surface area is 273 Å². The van der Waals surface area contributed by atoms with Crippen LogP contribution in [0.5, 0.6) is 11.5 Å². The highest BCUT2D eigenvalue weighted by atomic mass is 16.5. The average Bonchev–Trinajstić information content (AvgIpc) is 3.60. The number of allylic oxidation sites excluding steroid dienone is 1. The molecule has 11 heteroatoms. The maximum Gasteiger partial charge on any atom is 0.304 e. The third kappa shape index (κ3) is 6.79. The van der Waals surface area contributed by atoms with E-state index in [1.807, 2.05) is 66.7 Å². The van der Waals surface area contributed by atoms with Gasteiger partial charge in [0.2, 0.25) is 17.7 Å². The molecule has 1 saturated heterocycles. The number of primary amides is 1. The van der Waals surface area contributed by atoms with Crippen LogP contribution in [0.25, 0.3) is 22.2 Å². The van der Waals surface area contributed by atoms with E-state index in [9.17, 15) is 24.3 Å². The molecule has 0 spiro atoms. The monoisotopic (exact) mass is 640 g/mol. The molecule has 0 radical (unpaired) electrons. The van der Waals surface area contributed by atoms with Crippen molar-refractivity contribution in [2.24, 2.45) is 17.6 Å². The Morgan fingerprint density at radius 2 is 1.91 bits per heavy atom. The second kappa shape index (κ2) is 13.4. The number of carboxylic acids is 1. The molecule has 1 aromatic heterocycles. The molecule has 11 nitrogen and oxygen atoms in total. The standard InChI is InChI=1S/C36H40N4O7/c1-46-25-14-15-27-29(17-25)38-28(22-10-7-5-8-11-22)19-31(27)47-26-18-30-33(43)39-36(35(37)45)20-24(36)13-9-4-2-3-6-12-23(16-32(41)42)34(44)40(30)21-26/h5,7-11,13-15,17,19,23-24,26,30H,2-4,6,12,16,18,20-21H2,1H3,(H2,37,45)(H,39,43)(H,41,42)/b13-9-/t23-,24-,26-,30+,36-/m1/s1. The van der Waals surface area contributed by atoms with E-state index in [4.69, 9.17) is 20.2 Å². The first-order valence-corrected chi connectivity index (χ1v) is 16.2. The lowest BCUT2D eigenvalue weighted by atomic mass is 9.95. The van der Waals surface area contributed by atoms with E-state index in [1.165, 1.54) is 4.90 Å². The molecule has 2 aliphatic heterocycles. The van der Waals surface area contributed by atoms with E-state index >= 15 is 0 Å². The number of hydrogen-bond acceptors (Lipinski definition) is 7. The largest absolute Gasteiger partial charge is 0.497 e. The molecule has 5 atom stereocenters. The lowest BCUT2D eigenvalue weighted by Crippen LogP contribution is -2.55. The number of benzene rings is 2. The predicted molar refractivity (Wildman–Crippen MR) is 174 cm³/mol. The normalized spacial score (nSPS) is 27.0. The predicted octanol–water partition coefficient (Wildman–Crippen LogP) is 4.23. The van der Waals surface area contributed by atoms with Gasteiger partial charge in [-0.05, 0) is 37.8 Å². The molecule has 2 aromatic carbocycles. The maximum atomic E-state index is 14.1. The van der Waals surface area contributed by atoms with Crippen LogP contribution < -0.4 is 20.5 Å². The van der Waals surface area contributed by atoms with E-state index in [0.717, 1.165) is 30.2 Å². The number of nitrogens with zero attached hydrogens (tertiary/aromatic N) is 2. The van der Waals surface area contributed by atoms with Crippen LogP contribution in [-0.2, 0) is 19.2 Å². The lowest BCUT2D eigenvalue weighted by molar-refractivity contribution is -0.147. The fourth-order valence-corrected chi connectivity index (χ4v) is 6.87. The Balaban J connectivity index is 1.34. The highest BCUT2D eigenvalue weighted by Gasteiger charge is 2.60. The smallest absolute Gasteiger partial charge is 0.304 e. The molecule has 6 rings (SSSR count). The first kappa shape index (κ1) is 32.0. The van der Waals surface area contributed by atoms with Crippen LogP contribution in [0.2, 0.25) is 0 Å². The number of hydrogen-bond donors (Lipinski definition) is 3. The third-order valence-corrected chi connectivity index (χ3v) is 9.55.